The number of hydrogen-bond acceptors (Lipinski definition) is 3. The van der Waals surface area contributed by atoms with Crippen LogP contribution in [0.1, 0.15) is 31.1 Å². The van der Waals surface area contributed by atoms with Crippen molar-refractivity contribution in [3.8, 4) is 0 Å². The molecule has 0 bridgehead atoms. The highest BCUT2D eigenvalue weighted by Crippen LogP contribution is 2.26. The van der Waals surface area contributed by atoms with E-state index < -0.39 is 20.9 Å². The molecule has 112 valence electrons. The van der Waals surface area contributed by atoms with Crippen LogP contribution in [-0.2, 0) is 10.0 Å². The zero-order valence-electron chi connectivity index (χ0n) is 11.1. The van der Waals surface area contributed by atoms with Gasteiger partial charge in [0, 0.05) is 16.7 Å². The number of carbonyl (C=O) groups is 1. The largest absolute Gasteiger partial charge is 0.516 e. The number of anilines is 1. The first-order valence-electron chi connectivity index (χ1n) is 5.58. The number of rotatable bonds is 3. The molecule has 4 nitrogen and oxygen atoms in total. The summed E-state index contributed by atoms with van der Waals surface area (Å²) in [5, 5.41) is 0. The van der Waals surface area contributed by atoms with E-state index in [1.807, 2.05) is 0 Å². The van der Waals surface area contributed by atoms with Crippen LogP contribution in [0.5, 0.6) is 0 Å². The van der Waals surface area contributed by atoms with Crippen LogP contribution in [0.25, 0.3) is 0 Å². The molecule has 20 heavy (non-hydrogen) atoms. The van der Waals surface area contributed by atoms with Crippen LogP contribution in [0.3, 0.4) is 0 Å². The van der Waals surface area contributed by atoms with Gasteiger partial charge in [0.25, 0.3) is 0 Å². The van der Waals surface area contributed by atoms with Gasteiger partial charge in [-0.25, -0.2) is 0 Å². The Morgan fingerprint density at radius 1 is 1.05 bits per heavy atom. The fraction of sp³-hybridized carbons (Fsp3) is 0.417. The zero-order valence-corrected chi connectivity index (χ0v) is 11.9. The number of Topliss-reactive ketones (excluding diaryl/α,β-unsaturated/α-hetero) is 1. The fourth-order valence-electron chi connectivity index (χ4n) is 1.34. The van der Waals surface area contributed by atoms with Crippen LogP contribution in [0.2, 0.25) is 0 Å². The highest BCUT2D eigenvalue weighted by atomic mass is 32.2. The van der Waals surface area contributed by atoms with Gasteiger partial charge in [-0.05, 0) is 24.3 Å². The monoisotopic (exact) mass is 309 g/mol. The minimum Gasteiger partial charge on any atom is -0.294 e. The maximum Gasteiger partial charge on any atom is 0.516 e. The standard InChI is InChI=1S/C12H14F3NO3S/c1-11(2,3)10(17)8-4-6-9(7-5-8)16-20(18,19)12(13,14)15/h4-7,16H,1-3H3. The normalized spacial score (nSPS) is 13.1. The first kappa shape index (κ1) is 16.5. The van der Waals surface area contributed by atoms with Crippen molar-refractivity contribution in [2.24, 2.45) is 5.41 Å². The number of benzene rings is 1. The van der Waals surface area contributed by atoms with Gasteiger partial charge in [0.1, 0.15) is 0 Å². The lowest BCUT2D eigenvalue weighted by Gasteiger charge is -2.17. The van der Waals surface area contributed by atoms with Crippen molar-refractivity contribution in [3.05, 3.63) is 29.8 Å². The van der Waals surface area contributed by atoms with Gasteiger partial charge in [-0.15, -0.1) is 0 Å². The molecule has 0 unspecified atom stereocenters. The maximum atomic E-state index is 12.2. The van der Waals surface area contributed by atoms with Gasteiger partial charge in [-0.1, -0.05) is 20.8 Å². The molecule has 0 saturated heterocycles. The summed E-state index contributed by atoms with van der Waals surface area (Å²) in [6.07, 6.45) is 0. The third kappa shape index (κ3) is 3.72. The molecule has 0 radical (unpaired) electrons. The Kier molecular flexibility index (Phi) is 4.19. The van der Waals surface area contributed by atoms with Crippen molar-refractivity contribution in [2.45, 2.75) is 26.3 Å². The van der Waals surface area contributed by atoms with Crippen molar-refractivity contribution >= 4 is 21.5 Å². The van der Waals surface area contributed by atoms with Gasteiger partial charge in [-0.2, -0.15) is 21.6 Å². The summed E-state index contributed by atoms with van der Waals surface area (Å²) in [5.41, 5.74) is -5.97. The van der Waals surface area contributed by atoms with E-state index in [9.17, 15) is 26.4 Å². The number of sulfonamides is 1. The van der Waals surface area contributed by atoms with E-state index in [1.54, 1.807) is 20.8 Å². The summed E-state index contributed by atoms with van der Waals surface area (Å²) < 4.78 is 59.7. The van der Waals surface area contributed by atoms with Gasteiger partial charge in [0.05, 0.1) is 0 Å². The Balaban J connectivity index is 2.97. The SMILES string of the molecule is CC(C)(C)C(=O)c1ccc(NS(=O)(=O)C(F)(F)F)cc1. The fourth-order valence-corrected chi connectivity index (χ4v) is 1.90. The Hall–Kier alpha value is -1.57. The van der Waals surface area contributed by atoms with Crippen LogP contribution in [0.15, 0.2) is 24.3 Å². The summed E-state index contributed by atoms with van der Waals surface area (Å²) in [6.45, 7) is 5.11. The molecule has 1 aromatic rings. The molecule has 0 fully saturated rings. The molecule has 0 spiro atoms. The Morgan fingerprint density at radius 2 is 1.50 bits per heavy atom. The average molecular weight is 309 g/mol. The molecule has 1 aromatic carbocycles. The summed E-state index contributed by atoms with van der Waals surface area (Å²) >= 11 is 0. The molecule has 0 saturated carbocycles. The van der Waals surface area contributed by atoms with Gasteiger partial charge in [-0.3, -0.25) is 9.52 Å². The molecule has 1 N–H and O–H groups in total. The van der Waals surface area contributed by atoms with Gasteiger partial charge >= 0.3 is 15.5 Å². The lowest BCUT2D eigenvalue weighted by Crippen LogP contribution is -2.29. The molecule has 0 amide bonds. The molecule has 1 rings (SSSR count). The van der Waals surface area contributed by atoms with Gasteiger partial charge < -0.3 is 0 Å². The van der Waals surface area contributed by atoms with Crippen LogP contribution in [0, 0.1) is 5.41 Å². The number of alkyl halides is 3. The third-order valence-electron chi connectivity index (χ3n) is 2.39. The van der Waals surface area contributed by atoms with Crippen LogP contribution in [-0.4, -0.2) is 19.7 Å². The van der Waals surface area contributed by atoms with E-state index in [0.29, 0.717) is 5.56 Å². The third-order valence-corrected chi connectivity index (χ3v) is 3.50. The van der Waals surface area contributed by atoms with Gasteiger partial charge in [0.2, 0.25) is 0 Å². The van der Waals surface area contributed by atoms with Crippen LogP contribution in [0.4, 0.5) is 18.9 Å². The molecular weight excluding hydrogens is 295 g/mol. The van der Waals surface area contributed by atoms with Gasteiger partial charge in [0.15, 0.2) is 5.78 Å². The Morgan fingerprint density at radius 3 is 1.85 bits per heavy atom. The second kappa shape index (κ2) is 5.08. The van der Waals surface area contributed by atoms with Crippen LogP contribution < -0.4 is 4.72 Å². The molecule has 0 aliphatic carbocycles. The predicted octanol–water partition coefficient (Wildman–Crippen LogP) is 3.18. The van der Waals surface area contributed by atoms with Crippen molar-refractivity contribution in [1.29, 1.82) is 0 Å². The summed E-state index contributed by atoms with van der Waals surface area (Å²) in [6, 6.07) is 4.79. The first-order chi connectivity index (χ1) is 8.84. The van der Waals surface area contributed by atoms with E-state index in [2.05, 4.69) is 0 Å². The topological polar surface area (TPSA) is 63.2 Å². The van der Waals surface area contributed by atoms with Crippen molar-refractivity contribution in [1.82, 2.24) is 0 Å². The van der Waals surface area contributed by atoms with E-state index in [0.717, 1.165) is 12.1 Å². The molecule has 0 aliphatic heterocycles. The average Bonchev–Trinajstić information content (AvgIpc) is 2.26. The summed E-state index contributed by atoms with van der Waals surface area (Å²) in [4.78, 5) is 11.9. The van der Waals surface area contributed by atoms with E-state index >= 15 is 0 Å². The maximum absolute atomic E-state index is 12.2. The first-order valence-corrected chi connectivity index (χ1v) is 7.07. The number of hydrogen-bond donors (Lipinski definition) is 1. The molecule has 0 aromatic heterocycles. The second-order valence-electron chi connectivity index (χ2n) is 5.21. The molecule has 8 heteroatoms. The molecule has 0 atom stereocenters. The highest BCUT2D eigenvalue weighted by molar-refractivity contribution is 7.93. The lowest BCUT2D eigenvalue weighted by molar-refractivity contribution is -0.0429. The smallest absolute Gasteiger partial charge is 0.294 e. The number of halogens is 3. The molecular formula is C12H14F3NO3S. The molecule has 0 heterocycles. The zero-order chi connectivity index (χ0) is 15.8. The van der Waals surface area contributed by atoms with E-state index in [4.69, 9.17) is 0 Å². The minimum atomic E-state index is -5.45. The number of nitrogens with one attached hydrogen (secondary N) is 1. The lowest BCUT2D eigenvalue weighted by atomic mass is 9.86. The summed E-state index contributed by atoms with van der Waals surface area (Å²) in [7, 11) is -5.45. The van der Waals surface area contributed by atoms with Crippen LogP contribution >= 0.6 is 0 Å². The Bertz CT molecular complexity index is 598. The van der Waals surface area contributed by atoms with E-state index in [1.165, 1.54) is 16.9 Å². The molecule has 0 aliphatic rings. The highest BCUT2D eigenvalue weighted by Gasteiger charge is 2.46. The number of carbonyl (C=O) groups excluding carboxylic acids is 1. The van der Waals surface area contributed by atoms with Crippen molar-refractivity contribution in [3.63, 3.8) is 0 Å². The number of ketones is 1. The Labute approximate surface area is 115 Å². The minimum absolute atomic E-state index is 0.192. The van der Waals surface area contributed by atoms with Crippen molar-refractivity contribution in [2.75, 3.05) is 4.72 Å². The van der Waals surface area contributed by atoms with Crippen molar-refractivity contribution < 1.29 is 26.4 Å². The quantitative estimate of drug-likeness (QED) is 0.872. The van der Waals surface area contributed by atoms with E-state index in [-0.39, 0.29) is 11.5 Å². The second-order valence-corrected chi connectivity index (χ2v) is 6.88. The summed E-state index contributed by atoms with van der Waals surface area (Å²) in [5.74, 6) is -0.192. The predicted molar refractivity (Wildman–Crippen MR) is 68.8 cm³/mol.